The highest BCUT2D eigenvalue weighted by Crippen LogP contribution is 2.35. The molecule has 2 aliphatic rings. The number of aromatic nitrogens is 2. The maximum atomic E-state index is 13.6. The van der Waals surface area contributed by atoms with Gasteiger partial charge in [0, 0.05) is 31.6 Å². The van der Waals surface area contributed by atoms with Crippen molar-refractivity contribution in [2.45, 2.75) is 11.3 Å². The predicted molar refractivity (Wildman–Crippen MR) is 118 cm³/mol. The highest BCUT2D eigenvalue weighted by Gasteiger charge is 2.27. The number of nitrogens with zero attached hydrogens (tertiary/aromatic N) is 4. The molecule has 3 heterocycles. The third-order valence-corrected chi connectivity index (χ3v) is 7.41. The molecule has 0 fully saturated rings. The van der Waals surface area contributed by atoms with E-state index in [0.29, 0.717) is 17.9 Å². The van der Waals surface area contributed by atoms with Crippen molar-refractivity contribution in [2.75, 3.05) is 45.2 Å². The van der Waals surface area contributed by atoms with E-state index in [4.69, 9.17) is 4.74 Å². The first-order valence-corrected chi connectivity index (χ1v) is 11.5. The van der Waals surface area contributed by atoms with E-state index in [-0.39, 0.29) is 4.90 Å². The largest absolute Gasteiger partial charge is 0.490 e. The summed E-state index contributed by atoms with van der Waals surface area (Å²) >= 11 is 0. The summed E-state index contributed by atoms with van der Waals surface area (Å²) in [5.41, 5.74) is 3.32. The predicted octanol–water partition coefficient (Wildman–Crippen LogP) is 2.82. The highest BCUT2D eigenvalue weighted by molar-refractivity contribution is 7.90. The summed E-state index contributed by atoms with van der Waals surface area (Å²) in [4.78, 5) is 4.46. The molecule has 156 valence electrons. The number of fused-ring (bicyclic) bond motifs is 2. The molecule has 0 unspecified atom stereocenters. The Kier molecular flexibility index (Phi) is 4.56. The Morgan fingerprint density at radius 2 is 1.90 bits per heavy atom. The van der Waals surface area contributed by atoms with E-state index in [9.17, 15) is 8.42 Å². The van der Waals surface area contributed by atoms with Crippen LogP contribution in [0.2, 0.25) is 0 Å². The Balaban J connectivity index is 1.64. The van der Waals surface area contributed by atoms with Gasteiger partial charge in [-0.1, -0.05) is 24.3 Å². The summed E-state index contributed by atoms with van der Waals surface area (Å²) in [5.74, 6) is 0.583. The van der Waals surface area contributed by atoms with Gasteiger partial charge in [0.15, 0.2) is 0 Å². The number of rotatable bonds is 3. The normalized spacial score (nSPS) is 17.5. The maximum absolute atomic E-state index is 13.6. The van der Waals surface area contributed by atoms with Crippen molar-refractivity contribution in [3.63, 3.8) is 0 Å². The van der Waals surface area contributed by atoms with Crippen LogP contribution in [0.15, 0.2) is 53.4 Å². The van der Waals surface area contributed by atoms with Gasteiger partial charge in [0.05, 0.1) is 28.3 Å². The third-order valence-electron chi connectivity index (χ3n) is 5.82. The van der Waals surface area contributed by atoms with Crippen molar-refractivity contribution in [3.05, 3.63) is 54.2 Å². The smallest absolute Gasteiger partial charge is 0.283 e. The van der Waals surface area contributed by atoms with Crippen molar-refractivity contribution in [1.82, 2.24) is 14.1 Å². The molecular weight excluding hydrogens is 400 g/mol. The Morgan fingerprint density at radius 1 is 1.07 bits per heavy atom. The van der Waals surface area contributed by atoms with Gasteiger partial charge in [-0.3, -0.25) is 0 Å². The average Bonchev–Trinajstić information content (AvgIpc) is 3.15. The molecule has 7 nitrogen and oxygen atoms in total. The van der Waals surface area contributed by atoms with E-state index in [0.717, 1.165) is 48.4 Å². The number of benzene rings is 2. The Labute approximate surface area is 176 Å². The Bertz CT molecular complexity index is 1260. The van der Waals surface area contributed by atoms with Crippen molar-refractivity contribution in [3.8, 4) is 5.75 Å². The third kappa shape index (κ3) is 3.07. The van der Waals surface area contributed by atoms with Gasteiger partial charge in [-0.15, -0.1) is 0 Å². The van der Waals surface area contributed by atoms with Crippen LogP contribution in [0, 0.1) is 0 Å². The van der Waals surface area contributed by atoms with Crippen LogP contribution in [0.1, 0.15) is 12.1 Å². The summed E-state index contributed by atoms with van der Waals surface area (Å²) in [5, 5.41) is 5.46. The quantitative estimate of drug-likeness (QED) is 0.644. The fraction of sp³-hybridized carbons (Fsp3) is 0.318. The summed E-state index contributed by atoms with van der Waals surface area (Å²) in [7, 11) is 0.168. The molecule has 2 aromatic carbocycles. The first kappa shape index (κ1) is 19.1. The van der Waals surface area contributed by atoms with E-state index < -0.39 is 10.0 Å². The molecule has 1 aromatic heterocycles. The van der Waals surface area contributed by atoms with Crippen molar-refractivity contribution < 1.29 is 13.2 Å². The van der Waals surface area contributed by atoms with Crippen molar-refractivity contribution in [1.29, 1.82) is 0 Å². The lowest BCUT2D eigenvalue weighted by molar-refractivity contribution is 0.310. The summed E-state index contributed by atoms with van der Waals surface area (Å²) < 4.78 is 34.0. The SMILES string of the molecule is CN1CC=C(c2nn(S(=O)(=O)c3ccc4c(c3)OCCN4C)c3ccccc23)CC1. The van der Waals surface area contributed by atoms with Crippen LogP contribution in [0.25, 0.3) is 16.5 Å². The standard InChI is InChI=1S/C22H24N4O3S/c1-24-11-9-16(10-12-24)22-18-5-3-4-6-19(18)26(23-22)30(27,28)17-7-8-20-21(15-17)29-14-13-25(20)2/h3-9,15H,10-14H2,1-2H3. The molecule has 3 aromatic rings. The van der Waals surface area contributed by atoms with Crippen molar-refractivity contribution >= 4 is 32.2 Å². The van der Waals surface area contributed by atoms with E-state index >= 15 is 0 Å². The fourth-order valence-corrected chi connectivity index (χ4v) is 5.35. The van der Waals surface area contributed by atoms with Crippen LogP contribution in [-0.4, -0.2) is 62.8 Å². The van der Waals surface area contributed by atoms with Gasteiger partial charge in [-0.2, -0.15) is 17.6 Å². The van der Waals surface area contributed by atoms with E-state index in [1.807, 2.05) is 31.3 Å². The van der Waals surface area contributed by atoms with Crippen molar-refractivity contribution in [2.24, 2.45) is 0 Å². The van der Waals surface area contributed by atoms with Gasteiger partial charge in [-0.05, 0) is 37.2 Å². The molecule has 0 N–H and O–H groups in total. The Hall–Kier alpha value is -2.84. The molecular formula is C22H24N4O3S. The second-order valence-electron chi connectivity index (χ2n) is 7.85. The molecule has 8 heteroatoms. The summed E-state index contributed by atoms with van der Waals surface area (Å²) in [6, 6.07) is 12.5. The zero-order valence-corrected chi connectivity index (χ0v) is 17.9. The summed E-state index contributed by atoms with van der Waals surface area (Å²) in [6.45, 7) is 3.06. The molecule has 0 atom stereocenters. The minimum absolute atomic E-state index is 0.175. The Morgan fingerprint density at radius 3 is 2.70 bits per heavy atom. The first-order chi connectivity index (χ1) is 14.4. The van der Waals surface area contributed by atoms with Gasteiger partial charge < -0.3 is 14.5 Å². The highest BCUT2D eigenvalue weighted by atomic mass is 32.2. The van der Waals surface area contributed by atoms with Crippen LogP contribution >= 0.6 is 0 Å². The zero-order chi connectivity index (χ0) is 20.9. The molecule has 0 radical (unpaired) electrons. The lowest BCUT2D eigenvalue weighted by Gasteiger charge is -2.27. The van der Waals surface area contributed by atoms with Gasteiger partial charge >= 0.3 is 0 Å². The molecule has 0 amide bonds. The molecule has 30 heavy (non-hydrogen) atoms. The molecule has 0 bridgehead atoms. The summed E-state index contributed by atoms with van der Waals surface area (Å²) in [6.07, 6.45) is 2.98. The van der Waals surface area contributed by atoms with E-state index in [1.165, 1.54) is 4.09 Å². The zero-order valence-electron chi connectivity index (χ0n) is 17.1. The number of hydrogen-bond donors (Lipinski definition) is 0. The lowest BCUT2D eigenvalue weighted by Crippen LogP contribution is -2.29. The molecule has 5 rings (SSSR count). The minimum atomic E-state index is -3.88. The average molecular weight is 425 g/mol. The topological polar surface area (TPSA) is 67.7 Å². The van der Waals surface area contributed by atoms with Crippen LogP contribution in [-0.2, 0) is 10.0 Å². The lowest BCUT2D eigenvalue weighted by atomic mass is 10.0. The number of para-hydroxylation sites is 1. The second-order valence-corrected chi connectivity index (χ2v) is 9.62. The van der Waals surface area contributed by atoms with E-state index in [2.05, 4.69) is 28.0 Å². The molecule has 0 saturated carbocycles. The molecule has 0 spiro atoms. The number of anilines is 1. The van der Waals surface area contributed by atoms with Crippen LogP contribution in [0.5, 0.6) is 5.75 Å². The van der Waals surface area contributed by atoms with Gasteiger partial charge in [-0.25, -0.2) is 0 Å². The monoisotopic (exact) mass is 424 g/mol. The molecule has 0 saturated heterocycles. The van der Waals surface area contributed by atoms with Crippen LogP contribution in [0.3, 0.4) is 0 Å². The van der Waals surface area contributed by atoms with Crippen LogP contribution < -0.4 is 9.64 Å². The fourth-order valence-electron chi connectivity index (χ4n) is 4.04. The molecule has 2 aliphatic heterocycles. The second kappa shape index (κ2) is 7.14. The van der Waals surface area contributed by atoms with Crippen LogP contribution in [0.4, 0.5) is 5.69 Å². The van der Waals surface area contributed by atoms with Gasteiger partial charge in [0.1, 0.15) is 12.4 Å². The molecule has 0 aliphatic carbocycles. The van der Waals surface area contributed by atoms with E-state index in [1.54, 1.807) is 18.2 Å². The number of likely N-dealkylation sites (N-methyl/N-ethyl adjacent to an activating group) is 2. The first-order valence-electron chi connectivity index (χ1n) is 10.0. The minimum Gasteiger partial charge on any atom is -0.490 e. The number of hydrogen-bond acceptors (Lipinski definition) is 6. The van der Waals surface area contributed by atoms with Gasteiger partial charge in [0.25, 0.3) is 10.0 Å². The maximum Gasteiger partial charge on any atom is 0.283 e. The number of ether oxygens (including phenoxy) is 1. The van der Waals surface area contributed by atoms with Gasteiger partial charge in [0.2, 0.25) is 0 Å².